The van der Waals surface area contributed by atoms with Crippen LogP contribution in [0.5, 0.6) is 0 Å². The molecule has 0 bridgehead atoms. The molecular weight excluding hydrogens is 326 g/mol. The van der Waals surface area contributed by atoms with Crippen molar-refractivity contribution < 1.29 is 4.79 Å². The van der Waals surface area contributed by atoms with Gasteiger partial charge >= 0.3 is 0 Å². The third-order valence-corrected chi connectivity index (χ3v) is 5.12. The van der Waals surface area contributed by atoms with Crippen molar-refractivity contribution >= 4 is 17.1 Å². The van der Waals surface area contributed by atoms with Gasteiger partial charge in [-0.1, -0.05) is 29.8 Å². The van der Waals surface area contributed by atoms with Gasteiger partial charge in [-0.25, -0.2) is 14.6 Å². The van der Waals surface area contributed by atoms with E-state index in [-0.39, 0.29) is 11.8 Å². The van der Waals surface area contributed by atoms with E-state index >= 15 is 0 Å². The van der Waals surface area contributed by atoms with Gasteiger partial charge in [0.15, 0.2) is 5.65 Å². The Bertz CT molecular complexity index is 931. The molecule has 0 N–H and O–H groups in total. The van der Waals surface area contributed by atoms with Crippen LogP contribution in [0.1, 0.15) is 35.6 Å². The van der Waals surface area contributed by atoms with Gasteiger partial charge in [-0.2, -0.15) is 5.10 Å². The summed E-state index contributed by atoms with van der Waals surface area (Å²) in [5.41, 5.74) is 4.89. The third kappa shape index (κ3) is 3.19. The van der Waals surface area contributed by atoms with Gasteiger partial charge in [0.05, 0.1) is 12.1 Å². The maximum atomic E-state index is 12.8. The first-order chi connectivity index (χ1) is 12.6. The van der Waals surface area contributed by atoms with Crippen LogP contribution in [0.4, 0.5) is 0 Å². The molecule has 1 aliphatic heterocycles. The molecule has 1 aromatic carbocycles. The molecule has 1 saturated heterocycles. The van der Waals surface area contributed by atoms with Crippen LogP contribution in [0, 0.1) is 6.92 Å². The summed E-state index contributed by atoms with van der Waals surface area (Å²) in [6.07, 6.45) is 5.86. The molecule has 6 heteroatoms. The van der Waals surface area contributed by atoms with Crippen molar-refractivity contribution in [2.24, 2.45) is 7.05 Å². The lowest BCUT2D eigenvalue weighted by Gasteiger charge is -2.32. The lowest BCUT2D eigenvalue weighted by atomic mass is 9.94. The Morgan fingerprint density at radius 1 is 1.19 bits per heavy atom. The molecule has 0 saturated carbocycles. The number of fused-ring (bicyclic) bond motifs is 1. The monoisotopic (exact) mass is 349 g/mol. The van der Waals surface area contributed by atoms with Crippen LogP contribution in [-0.2, 0) is 18.3 Å². The summed E-state index contributed by atoms with van der Waals surface area (Å²) in [6, 6.07) is 8.19. The molecular formula is C20H23N5O. The molecule has 4 rings (SSSR count). The van der Waals surface area contributed by atoms with Crippen LogP contribution in [0.2, 0.25) is 0 Å². The first-order valence-corrected chi connectivity index (χ1v) is 9.09. The predicted octanol–water partition coefficient (Wildman–Crippen LogP) is 2.62. The molecule has 1 fully saturated rings. The highest BCUT2D eigenvalue weighted by Crippen LogP contribution is 2.30. The fraction of sp³-hybridized carbons (Fsp3) is 0.400. The Labute approximate surface area is 152 Å². The topological polar surface area (TPSA) is 63.9 Å². The maximum Gasteiger partial charge on any atom is 0.227 e. The molecule has 1 amide bonds. The Kier molecular flexibility index (Phi) is 4.41. The molecule has 26 heavy (non-hydrogen) atoms. The van der Waals surface area contributed by atoms with E-state index in [2.05, 4.69) is 34.1 Å². The minimum atomic E-state index is 0.185. The number of nitrogens with zero attached hydrogens (tertiary/aromatic N) is 5. The molecule has 1 unspecified atom stereocenters. The van der Waals surface area contributed by atoms with Gasteiger partial charge in [0.1, 0.15) is 5.52 Å². The lowest BCUT2D eigenvalue weighted by Crippen LogP contribution is -2.40. The number of aryl methyl sites for hydroxylation is 2. The van der Waals surface area contributed by atoms with Crippen LogP contribution < -0.4 is 0 Å². The largest absolute Gasteiger partial charge is 0.342 e. The van der Waals surface area contributed by atoms with Crippen LogP contribution >= 0.6 is 0 Å². The second-order valence-corrected chi connectivity index (χ2v) is 7.08. The quantitative estimate of drug-likeness (QED) is 0.729. The zero-order chi connectivity index (χ0) is 18.1. The molecule has 1 aliphatic rings. The summed E-state index contributed by atoms with van der Waals surface area (Å²) in [5, 5.41) is 4.65. The zero-order valence-corrected chi connectivity index (χ0v) is 15.2. The number of aromatic nitrogens is 4. The molecule has 1 atom stereocenters. The van der Waals surface area contributed by atoms with E-state index in [1.54, 1.807) is 17.1 Å². The number of amides is 1. The fourth-order valence-electron chi connectivity index (χ4n) is 3.70. The number of benzene rings is 1. The Hall–Kier alpha value is -2.76. The number of hydrogen-bond acceptors (Lipinski definition) is 4. The normalized spacial score (nSPS) is 17.6. The number of piperidine rings is 1. The predicted molar refractivity (Wildman–Crippen MR) is 99.7 cm³/mol. The molecule has 0 spiro atoms. The SMILES string of the molecule is Cc1ccc(CC(=O)N2CCCC(c3nn(C)c4nccnc34)C2)cc1. The minimum Gasteiger partial charge on any atom is -0.342 e. The van der Waals surface area contributed by atoms with Crippen molar-refractivity contribution in [2.75, 3.05) is 13.1 Å². The lowest BCUT2D eigenvalue weighted by molar-refractivity contribution is -0.131. The first-order valence-electron chi connectivity index (χ1n) is 9.09. The molecule has 6 nitrogen and oxygen atoms in total. The number of carbonyl (C=O) groups excluding carboxylic acids is 1. The van der Waals surface area contributed by atoms with E-state index < -0.39 is 0 Å². The van der Waals surface area contributed by atoms with Crippen LogP contribution in [-0.4, -0.2) is 43.6 Å². The van der Waals surface area contributed by atoms with Crippen molar-refractivity contribution in [2.45, 2.75) is 32.1 Å². The van der Waals surface area contributed by atoms with Gasteiger partial charge in [-0.05, 0) is 25.3 Å². The summed E-state index contributed by atoms with van der Waals surface area (Å²) in [6.45, 7) is 3.58. The van der Waals surface area contributed by atoms with E-state index in [9.17, 15) is 4.79 Å². The van der Waals surface area contributed by atoms with Gasteiger partial charge in [-0.3, -0.25) is 4.79 Å². The Morgan fingerprint density at radius 2 is 1.96 bits per heavy atom. The van der Waals surface area contributed by atoms with E-state index in [4.69, 9.17) is 0 Å². The van der Waals surface area contributed by atoms with E-state index in [0.29, 0.717) is 13.0 Å². The summed E-state index contributed by atoms with van der Waals surface area (Å²) >= 11 is 0. The van der Waals surface area contributed by atoms with Gasteiger partial charge in [0.25, 0.3) is 0 Å². The van der Waals surface area contributed by atoms with Gasteiger partial charge in [0, 0.05) is 38.4 Å². The molecule has 3 heterocycles. The zero-order valence-electron chi connectivity index (χ0n) is 15.2. The van der Waals surface area contributed by atoms with Crippen molar-refractivity contribution in [3.8, 4) is 0 Å². The number of rotatable bonds is 3. The Morgan fingerprint density at radius 3 is 2.77 bits per heavy atom. The molecule has 2 aromatic heterocycles. The second-order valence-electron chi connectivity index (χ2n) is 7.08. The standard InChI is InChI=1S/C20H23N5O/c1-14-5-7-15(8-6-14)12-17(26)25-11-3-4-16(13-25)18-19-20(24(2)23-18)22-10-9-21-19/h5-10,16H,3-4,11-13H2,1-2H3. The summed E-state index contributed by atoms with van der Waals surface area (Å²) in [5.74, 6) is 0.399. The van der Waals surface area contributed by atoms with Crippen LogP contribution in [0.15, 0.2) is 36.7 Å². The van der Waals surface area contributed by atoms with E-state index in [0.717, 1.165) is 41.8 Å². The number of carbonyl (C=O) groups is 1. The average molecular weight is 349 g/mol. The van der Waals surface area contributed by atoms with Gasteiger partial charge in [-0.15, -0.1) is 0 Å². The van der Waals surface area contributed by atoms with Crippen molar-refractivity contribution in [3.63, 3.8) is 0 Å². The van der Waals surface area contributed by atoms with E-state index in [1.807, 2.05) is 24.1 Å². The molecule has 0 aliphatic carbocycles. The fourth-order valence-corrected chi connectivity index (χ4v) is 3.70. The highest BCUT2D eigenvalue weighted by Gasteiger charge is 2.28. The van der Waals surface area contributed by atoms with Crippen molar-refractivity contribution in [1.29, 1.82) is 0 Å². The first kappa shape index (κ1) is 16.7. The molecule has 0 radical (unpaired) electrons. The minimum absolute atomic E-state index is 0.185. The van der Waals surface area contributed by atoms with E-state index in [1.165, 1.54) is 5.56 Å². The van der Waals surface area contributed by atoms with Crippen molar-refractivity contribution in [1.82, 2.24) is 24.6 Å². The van der Waals surface area contributed by atoms with Crippen molar-refractivity contribution in [3.05, 3.63) is 53.5 Å². The molecule has 3 aromatic rings. The second kappa shape index (κ2) is 6.86. The highest BCUT2D eigenvalue weighted by atomic mass is 16.2. The van der Waals surface area contributed by atoms with Gasteiger partial charge in [0.2, 0.25) is 5.91 Å². The average Bonchev–Trinajstić information content (AvgIpc) is 3.01. The Balaban J connectivity index is 1.51. The maximum absolute atomic E-state index is 12.8. The van der Waals surface area contributed by atoms with Crippen LogP contribution in [0.25, 0.3) is 11.2 Å². The summed E-state index contributed by atoms with van der Waals surface area (Å²) in [4.78, 5) is 23.6. The summed E-state index contributed by atoms with van der Waals surface area (Å²) in [7, 11) is 1.89. The summed E-state index contributed by atoms with van der Waals surface area (Å²) < 4.78 is 1.78. The number of hydrogen-bond donors (Lipinski definition) is 0. The highest BCUT2D eigenvalue weighted by molar-refractivity contribution is 5.79. The number of likely N-dealkylation sites (tertiary alicyclic amines) is 1. The van der Waals surface area contributed by atoms with Gasteiger partial charge < -0.3 is 4.90 Å². The smallest absolute Gasteiger partial charge is 0.227 e. The third-order valence-electron chi connectivity index (χ3n) is 5.12. The molecule has 134 valence electrons. The van der Waals surface area contributed by atoms with Crippen LogP contribution in [0.3, 0.4) is 0 Å².